The van der Waals surface area contributed by atoms with Crippen molar-refractivity contribution in [1.82, 2.24) is 0 Å². The summed E-state index contributed by atoms with van der Waals surface area (Å²) in [6.45, 7) is 5.63. The molecule has 70 valence electrons. The molecule has 0 heterocycles. The highest BCUT2D eigenvalue weighted by Crippen LogP contribution is 2.27. The molecule has 0 radical (unpaired) electrons. The Labute approximate surface area is 72.8 Å². The second kappa shape index (κ2) is 4.24. The normalized spacial score (nSPS) is 11.2. The van der Waals surface area contributed by atoms with E-state index >= 15 is 0 Å². The SMILES string of the molecule is CCC(C)(CC)C(=O)CC(=O)O. The van der Waals surface area contributed by atoms with Crippen LogP contribution in [0.25, 0.3) is 0 Å². The molecule has 0 saturated carbocycles. The van der Waals surface area contributed by atoms with Gasteiger partial charge in [0.25, 0.3) is 0 Å². The summed E-state index contributed by atoms with van der Waals surface area (Å²) in [6.07, 6.45) is 1.06. The molecule has 0 atom stereocenters. The van der Waals surface area contributed by atoms with E-state index in [1.165, 1.54) is 0 Å². The van der Waals surface area contributed by atoms with Crippen molar-refractivity contribution in [1.29, 1.82) is 0 Å². The number of carbonyl (C=O) groups excluding carboxylic acids is 1. The number of Topliss-reactive ketones (excluding diaryl/α,β-unsaturated/α-hetero) is 1. The fraction of sp³-hybridized carbons (Fsp3) is 0.778. The maximum Gasteiger partial charge on any atom is 0.310 e. The molecular formula is C9H16O3. The molecule has 0 spiro atoms. The van der Waals surface area contributed by atoms with Crippen molar-refractivity contribution in [3.8, 4) is 0 Å². The second-order valence-corrected chi connectivity index (χ2v) is 3.26. The van der Waals surface area contributed by atoms with Gasteiger partial charge in [-0.05, 0) is 12.8 Å². The molecule has 12 heavy (non-hydrogen) atoms. The van der Waals surface area contributed by atoms with Crippen molar-refractivity contribution in [2.75, 3.05) is 0 Å². The molecule has 0 aromatic heterocycles. The molecule has 0 bridgehead atoms. The van der Waals surface area contributed by atoms with Crippen molar-refractivity contribution in [2.45, 2.75) is 40.0 Å². The van der Waals surface area contributed by atoms with E-state index in [9.17, 15) is 9.59 Å². The summed E-state index contributed by atoms with van der Waals surface area (Å²) in [5.41, 5.74) is -0.446. The van der Waals surface area contributed by atoms with E-state index in [1.807, 2.05) is 20.8 Å². The smallest absolute Gasteiger partial charge is 0.310 e. The van der Waals surface area contributed by atoms with Crippen LogP contribution in [0.15, 0.2) is 0 Å². The lowest BCUT2D eigenvalue weighted by Gasteiger charge is -2.23. The summed E-state index contributed by atoms with van der Waals surface area (Å²) >= 11 is 0. The zero-order chi connectivity index (χ0) is 9.78. The second-order valence-electron chi connectivity index (χ2n) is 3.26. The molecule has 0 aromatic rings. The highest BCUT2D eigenvalue weighted by atomic mass is 16.4. The van der Waals surface area contributed by atoms with Crippen LogP contribution in [0.4, 0.5) is 0 Å². The topological polar surface area (TPSA) is 54.4 Å². The number of ketones is 1. The summed E-state index contributed by atoms with van der Waals surface area (Å²) in [7, 11) is 0. The predicted molar refractivity (Wildman–Crippen MR) is 45.9 cm³/mol. The molecule has 0 unspecified atom stereocenters. The van der Waals surface area contributed by atoms with Crippen LogP contribution in [0.1, 0.15) is 40.0 Å². The van der Waals surface area contributed by atoms with Crippen LogP contribution < -0.4 is 0 Å². The lowest BCUT2D eigenvalue weighted by molar-refractivity contribution is -0.143. The largest absolute Gasteiger partial charge is 0.481 e. The number of carbonyl (C=O) groups is 2. The summed E-state index contributed by atoms with van der Waals surface area (Å²) in [5.74, 6) is -1.20. The lowest BCUT2D eigenvalue weighted by Crippen LogP contribution is -2.28. The van der Waals surface area contributed by atoms with Crippen LogP contribution in [-0.2, 0) is 9.59 Å². The molecule has 0 fully saturated rings. The highest BCUT2D eigenvalue weighted by Gasteiger charge is 2.29. The molecule has 0 rings (SSSR count). The fourth-order valence-corrected chi connectivity index (χ4v) is 0.995. The zero-order valence-corrected chi connectivity index (χ0v) is 7.89. The van der Waals surface area contributed by atoms with E-state index in [0.717, 1.165) is 0 Å². The first-order valence-electron chi connectivity index (χ1n) is 4.21. The number of carboxylic acid groups (broad SMARTS) is 1. The molecule has 0 amide bonds. The van der Waals surface area contributed by atoms with Gasteiger partial charge in [-0.25, -0.2) is 0 Å². The van der Waals surface area contributed by atoms with Gasteiger partial charge in [0.15, 0.2) is 0 Å². The first-order chi connectivity index (χ1) is 5.46. The number of hydrogen-bond donors (Lipinski definition) is 1. The third kappa shape index (κ3) is 2.64. The molecule has 1 N–H and O–H groups in total. The molecule has 0 aliphatic rings. The minimum atomic E-state index is -1.03. The Kier molecular flexibility index (Phi) is 3.93. The van der Waals surface area contributed by atoms with Crippen LogP contribution in [0, 0.1) is 5.41 Å². The predicted octanol–water partition coefficient (Wildman–Crippen LogP) is 1.86. The van der Waals surface area contributed by atoms with Gasteiger partial charge in [0.1, 0.15) is 12.2 Å². The van der Waals surface area contributed by atoms with Crippen molar-refractivity contribution in [3.63, 3.8) is 0 Å². The summed E-state index contributed by atoms with van der Waals surface area (Å²) in [5, 5.41) is 8.42. The van der Waals surface area contributed by atoms with Crippen molar-refractivity contribution >= 4 is 11.8 Å². The standard InChI is InChI=1S/C9H16O3/c1-4-9(3,5-2)7(10)6-8(11)12/h4-6H2,1-3H3,(H,11,12). The van der Waals surface area contributed by atoms with Gasteiger partial charge in [-0.2, -0.15) is 0 Å². The average molecular weight is 172 g/mol. The Morgan fingerprint density at radius 3 is 1.92 bits per heavy atom. The highest BCUT2D eigenvalue weighted by molar-refractivity contribution is 5.97. The van der Waals surface area contributed by atoms with E-state index in [0.29, 0.717) is 12.8 Å². The first kappa shape index (κ1) is 11.1. The van der Waals surface area contributed by atoms with Crippen LogP contribution in [0.5, 0.6) is 0 Å². The van der Waals surface area contributed by atoms with Gasteiger partial charge in [0, 0.05) is 5.41 Å². The summed E-state index contributed by atoms with van der Waals surface area (Å²) < 4.78 is 0. The number of aliphatic carboxylic acids is 1. The van der Waals surface area contributed by atoms with Crippen molar-refractivity contribution in [2.24, 2.45) is 5.41 Å². The van der Waals surface area contributed by atoms with Crippen LogP contribution >= 0.6 is 0 Å². The summed E-state index contributed by atoms with van der Waals surface area (Å²) in [4.78, 5) is 21.6. The summed E-state index contributed by atoms with van der Waals surface area (Å²) in [6, 6.07) is 0. The monoisotopic (exact) mass is 172 g/mol. The van der Waals surface area contributed by atoms with Gasteiger partial charge in [-0.15, -0.1) is 0 Å². The molecule has 0 aliphatic carbocycles. The molecular weight excluding hydrogens is 156 g/mol. The van der Waals surface area contributed by atoms with Gasteiger partial charge >= 0.3 is 5.97 Å². The van der Waals surface area contributed by atoms with Crippen molar-refractivity contribution < 1.29 is 14.7 Å². The lowest BCUT2D eigenvalue weighted by atomic mass is 9.79. The Balaban J connectivity index is 4.32. The number of hydrogen-bond acceptors (Lipinski definition) is 2. The Morgan fingerprint density at radius 2 is 1.67 bits per heavy atom. The minimum absolute atomic E-state index is 0.167. The third-order valence-electron chi connectivity index (χ3n) is 2.55. The van der Waals surface area contributed by atoms with Crippen molar-refractivity contribution in [3.05, 3.63) is 0 Å². The first-order valence-corrected chi connectivity index (χ1v) is 4.21. The van der Waals surface area contributed by atoms with Gasteiger partial charge < -0.3 is 5.11 Å². The van der Waals surface area contributed by atoms with Crippen LogP contribution in [-0.4, -0.2) is 16.9 Å². The maximum absolute atomic E-state index is 11.4. The minimum Gasteiger partial charge on any atom is -0.481 e. The molecule has 0 aliphatic heterocycles. The van der Waals surface area contributed by atoms with Crippen LogP contribution in [0.3, 0.4) is 0 Å². The molecule has 3 nitrogen and oxygen atoms in total. The quantitative estimate of drug-likeness (QED) is 0.644. The van der Waals surface area contributed by atoms with E-state index in [-0.39, 0.29) is 12.2 Å². The molecule has 3 heteroatoms. The van der Waals surface area contributed by atoms with E-state index in [4.69, 9.17) is 5.11 Å². The van der Waals surface area contributed by atoms with E-state index in [1.54, 1.807) is 0 Å². The van der Waals surface area contributed by atoms with E-state index < -0.39 is 11.4 Å². The number of rotatable bonds is 5. The molecule has 0 saturated heterocycles. The van der Waals surface area contributed by atoms with Crippen LogP contribution in [0.2, 0.25) is 0 Å². The average Bonchev–Trinajstić information content (AvgIpc) is 2.02. The van der Waals surface area contributed by atoms with Gasteiger partial charge in [-0.1, -0.05) is 20.8 Å². The third-order valence-corrected chi connectivity index (χ3v) is 2.55. The molecule has 0 aromatic carbocycles. The zero-order valence-electron chi connectivity index (χ0n) is 7.89. The van der Waals surface area contributed by atoms with Gasteiger partial charge in [0.2, 0.25) is 0 Å². The van der Waals surface area contributed by atoms with Gasteiger partial charge in [0.05, 0.1) is 0 Å². The number of carboxylic acids is 1. The van der Waals surface area contributed by atoms with Gasteiger partial charge in [-0.3, -0.25) is 9.59 Å². The fourth-order valence-electron chi connectivity index (χ4n) is 0.995. The Hall–Kier alpha value is -0.860. The Bertz CT molecular complexity index is 180. The Morgan fingerprint density at radius 1 is 1.25 bits per heavy atom. The maximum atomic E-state index is 11.4. The van der Waals surface area contributed by atoms with E-state index in [2.05, 4.69) is 0 Å².